The average Bonchev–Trinajstić information content (AvgIpc) is 3.06. The highest BCUT2D eigenvalue weighted by Crippen LogP contribution is 2.25. The maximum absolute atomic E-state index is 12.3. The summed E-state index contributed by atoms with van der Waals surface area (Å²) in [5.41, 5.74) is 1.91. The number of aromatic nitrogens is 3. The molecule has 0 saturated heterocycles. The fraction of sp³-hybridized carbons (Fsp3) is 0.133. The summed E-state index contributed by atoms with van der Waals surface area (Å²) in [4.78, 5) is 23.5. The molecule has 0 spiro atoms. The molecule has 0 radical (unpaired) electrons. The molecule has 6 heteroatoms. The molecule has 2 N–H and O–H groups in total. The molecule has 6 nitrogen and oxygen atoms in total. The number of hydrogen-bond acceptors (Lipinski definition) is 4. The molecular weight excluding hydrogens is 268 g/mol. The Balaban J connectivity index is 1.93. The van der Waals surface area contributed by atoms with Gasteiger partial charge in [-0.05, 0) is 6.92 Å². The van der Waals surface area contributed by atoms with Gasteiger partial charge in [0.2, 0.25) is 5.95 Å². The first-order chi connectivity index (χ1) is 10.1. The number of anilines is 1. The van der Waals surface area contributed by atoms with Gasteiger partial charge in [0, 0.05) is 24.4 Å². The Bertz CT molecular complexity index is 774. The third-order valence-corrected chi connectivity index (χ3v) is 2.92. The van der Waals surface area contributed by atoms with Gasteiger partial charge in [0.05, 0.1) is 0 Å². The van der Waals surface area contributed by atoms with Crippen LogP contribution in [0.5, 0.6) is 0 Å². The molecule has 3 aromatic rings. The van der Waals surface area contributed by atoms with Crippen LogP contribution in [0.25, 0.3) is 11.3 Å². The lowest BCUT2D eigenvalue weighted by Crippen LogP contribution is -2.14. The van der Waals surface area contributed by atoms with Crippen molar-refractivity contribution < 1.29 is 9.21 Å². The Labute approximate surface area is 121 Å². The van der Waals surface area contributed by atoms with E-state index in [4.69, 9.17) is 4.42 Å². The van der Waals surface area contributed by atoms with Crippen LogP contribution in [-0.4, -0.2) is 20.9 Å². The van der Waals surface area contributed by atoms with E-state index in [9.17, 15) is 4.79 Å². The molecule has 3 rings (SSSR count). The second kappa shape index (κ2) is 5.24. The molecule has 0 fully saturated rings. The molecule has 106 valence electrons. The molecule has 0 aliphatic rings. The van der Waals surface area contributed by atoms with Gasteiger partial charge in [0.1, 0.15) is 0 Å². The number of H-pyrrole nitrogens is 1. The number of nitrogens with zero attached hydrogens (tertiary/aromatic N) is 2. The Morgan fingerprint density at radius 1 is 1.24 bits per heavy atom. The number of hydrogen-bond donors (Lipinski definition) is 2. The van der Waals surface area contributed by atoms with Gasteiger partial charge in [0.25, 0.3) is 5.91 Å². The van der Waals surface area contributed by atoms with E-state index in [1.807, 2.05) is 37.3 Å². The first-order valence-corrected chi connectivity index (χ1v) is 6.49. The maximum atomic E-state index is 12.3. The van der Waals surface area contributed by atoms with Gasteiger partial charge in [-0.1, -0.05) is 30.3 Å². The molecule has 2 heterocycles. The van der Waals surface area contributed by atoms with Crippen LogP contribution < -0.4 is 5.32 Å². The van der Waals surface area contributed by atoms with Gasteiger partial charge in [-0.2, -0.15) is 0 Å². The molecule has 0 saturated carbocycles. The van der Waals surface area contributed by atoms with Crippen molar-refractivity contribution in [1.82, 2.24) is 15.0 Å². The summed E-state index contributed by atoms with van der Waals surface area (Å²) in [6, 6.07) is 9.40. The maximum Gasteiger partial charge on any atom is 0.280 e. The van der Waals surface area contributed by atoms with Crippen LogP contribution in [0.3, 0.4) is 0 Å². The summed E-state index contributed by atoms with van der Waals surface area (Å²) in [6.07, 6.45) is 1.64. The standard InChI is InChI=1S/C15H14N4O2/c1-9-8-16-15(17-9)19-14(20)12-13(21-10(2)18-12)11-6-4-3-5-7-11/h3-8H,1-2H3,(H2,16,17,19,20). The normalized spacial score (nSPS) is 10.6. The number of imidazole rings is 1. The molecular formula is C15H14N4O2. The van der Waals surface area contributed by atoms with Gasteiger partial charge < -0.3 is 9.40 Å². The fourth-order valence-electron chi connectivity index (χ4n) is 2.01. The molecule has 0 unspecified atom stereocenters. The van der Waals surface area contributed by atoms with E-state index in [2.05, 4.69) is 20.3 Å². The van der Waals surface area contributed by atoms with E-state index in [0.717, 1.165) is 11.3 Å². The van der Waals surface area contributed by atoms with Crippen molar-refractivity contribution in [3.63, 3.8) is 0 Å². The number of benzene rings is 1. The van der Waals surface area contributed by atoms with E-state index in [1.165, 1.54) is 0 Å². The number of carbonyl (C=O) groups excluding carboxylic acids is 1. The summed E-state index contributed by atoms with van der Waals surface area (Å²) in [6.45, 7) is 3.57. The van der Waals surface area contributed by atoms with Crippen molar-refractivity contribution in [3.05, 3.63) is 53.8 Å². The van der Waals surface area contributed by atoms with Crippen molar-refractivity contribution in [2.45, 2.75) is 13.8 Å². The predicted octanol–water partition coefficient (Wildman–Crippen LogP) is 2.93. The summed E-state index contributed by atoms with van der Waals surface area (Å²) < 4.78 is 5.56. The zero-order chi connectivity index (χ0) is 14.8. The van der Waals surface area contributed by atoms with Crippen molar-refractivity contribution in [2.75, 3.05) is 5.32 Å². The van der Waals surface area contributed by atoms with Crippen LogP contribution in [0.2, 0.25) is 0 Å². The third-order valence-electron chi connectivity index (χ3n) is 2.92. The van der Waals surface area contributed by atoms with Crippen molar-refractivity contribution in [3.8, 4) is 11.3 Å². The van der Waals surface area contributed by atoms with Gasteiger partial charge in [0.15, 0.2) is 17.3 Å². The second-order valence-electron chi connectivity index (χ2n) is 4.65. The lowest BCUT2D eigenvalue weighted by atomic mass is 10.1. The van der Waals surface area contributed by atoms with E-state index >= 15 is 0 Å². The molecule has 1 amide bonds. The minimum atomic E-state index is -0.361. The van der Waals surface area contributed by atoms with Gasteiger partial charge in [-0.15, -0.1) is 0 Å². The molecule has 0 aliphatic heterocycles. The number of carbonyl (C=O) groups is 1. The van der Waals surface area contributed by atoms with Gasteiger partial charge in [-0.3, -0.25) is 10.1 Å². The second-order valence-corrected chi connectivity index (χ2v) is 4.65. The molecule has 1 aromatic carbocycles. The highest BCUT2D eigenvalue weighted by molar-refractivity contribution is 6.05. The Hall–Kier alpha value is -2.89. The van der Waals surface area contributed by atoms with E-state index < -0.39 is 0 Å². The SMILES string of the molecule is Cc1cnc(NC(=O)c2nc(C)oc2-c2ccccc2)[nH]1. The van der Waals surface area contributed by atoms with E-state index in [1.54, 1.807) is 13.1 Å². The zero-order valence-electron chi connectivity index (χ0n) is 11.7. The number of aromatic amines is 1. The highest BCUT2D eigenvalue weighted by Gasteiger charge is 2.20. The van der Waals surface area contributed by atoms with Crippen LogP contribution in [-0.2, 0) is 0 Å². The van der Waals surface area contributed by atoms with Crippen LogP contribution in [0, 0.1) is 13.8 Å². The van der Waals surface area contributed by atoms with Crippen LogP contribution in [0.4, 0.5) is 5.95 Å². The summed E-state index contributed by atoms with van der Waals surface area (Å²) in [7, 11) is 0. The molecule has 0 bridgehead atoms. The van der Waals surface area contributed by atoms with Crippen LogP contribution in [0.15, 0.2) is 40.9 Å². The predicted molar refractivity (Wildman–Crippen MR) is 78.0 cm³/mol. The van der Waals surface area contributed by atoms with Crippen LogP contribution >= 0.6 is 0 Å². The summed E-state index contributed by atoms with van der Waals surface area (Å²) in [5.74, 6) is 0.917. The van der Waals surface area contributed by atoms with Crippen LogP contribution in [0.1, 0.15) is 22.1 Å². The lowest BCUT2D eigenvalue weighted by molar-refractivity contribution is 0.102. The highest BCUT2D eigenvalue weighted by atomic mass is 16.4. The average molecular weight is 282 g/mol. The minimum absolute atomic E-state index is 0.243. The smallest absolute Gasteiger partial charge is 0.280 e. The number of nitrogens with one attached hydrogen (secondary N) is 2. The number of amides is 1. The fourth-order valence-corrected chi connectivity index (χ4v) is 2.01. The summed E-state index contributed by atoms with van der Waals surface area (Å²) in [5, 5.41) is 2.67. The number of aryl methyl sites for hydroxylation is 2. The topological polar surface area (TPSA) is 83.8 Å². The van der Waals surface area contributed by atoms with Gasteiger partial charge >= 0.3 is 0 Å². The Kier molecular flexibility index (Phi) is 3.27. The third kappa shape index (κ3) is 2.69. The molecule has 21 heavy (non-hydrogen) atoms. The number of oxazole rings is 1. The Morgan fingerprint density at radius 2 is 2.00 bits per heavy atom. The first-order valence-electron chi connectivity index (χ1n) is 6.49. The number of rotatable bonds is 3. The molecule has 0 aliphatic carbocycles. The van der Waals surface area contributed by atoms with Crippen molar-refractivity contribution >= 4 is 11.9 Å². The minimum Gasteiger partial charge on any atom is -0.440 e. The quantitative estimate of drug-likeness (QED) is 0.773. The first kappa shape index (κ1) is 13.1. The molecule has 2 aromatic heterocycles. The lowest BCUT2D eigenvalue weighted by Gasteiger charge is -2.01. The van der Waals surface area contributed by atoms with Crippen molar-refractivity contribution in [2.24, 2.45) is 0 Å². The Morgan fingerprint density at radius 3 is 2.67 bits per heavy atom. The summed E-state index contributed by atoms with van der Waals surface area (Å²) >= 11 is 0. The van der Waals surface area contributed by atoms with Crippen molar-refractivity contribution in [1.29, 1.82) is 0 Å². The van der Waals surface area contributed by atoms with Gasteiger partial charge in [-0.25, -0.2) is 9.97 Å². The van der Waals surface area contributed by atoms with E-state index in [-0.39, 0.29) is 11.6 Å². The zero-order valence-corrected chi connectivity index (χ0v) is 11.7. The monoisotopic (exact) mass is 282 g/mol. The molecule has 0 atom stereocenters. The van der Waals surface area contributed by atoms with E-state index in [0.29, 0.717) is 17.6 Å². The largest absolute Gasteiger partial charge is 0.440 e.